The van der Waals surface area contributed by atoms with Gasteiger partial charge in [0.1, 0.15) is 0 Å². The van der Waals surface area contributed by atoms with Crippen LogP contribution in [0, 0.1) is 0 Å². The Bertz CT molecular complexity index is 410. The molecule has 0 aromatic heterocycles. The molecule has 0 aliphatic rings. The van der Waals surface area contributed by atoms with Gasteiger partial charge in [-0.1, -0.05) is 18.2 Å². The van der Waals surface area contributed by atoms with Gasteiger partial charge in [-0.2, -0.15) is 13.2 Å². The molecule has 0 radical (unpaired) electrons. The summed E-state index contributed by atoms with van der Waals surface area (Å²) in [6.07, 6.45) is -3.23. The smallest absolute Gasteiger partial charge is 0.326 e. The first-order valence-electron chi connectivity index (χ1n) is 4.50. The summed E-state index contributed by atoms with van der Waals surface area (Å²) in [4.78, 5) is 10.7. The molecule has 1 rings (SSSR count). The van der Waals surface area contributed by atoms with Crippen LogP contribution in [0.2, 0.25) is 0 Å². The van der Waals surface area contributed by atoms with Crippen LogP contribution in [0.3, 0.4) is 0 Å². The summed E-state index contributed by atoms with van der Waals surface area (Å²) in [5, 5.41) is 2.49. The normalized spacial score (nSPS) is 11.8. The van der Waals surface area contributed by atoms with Gasteiger partial charge in [0.15, 0.2) is 0 Å². The van der Waals surface area contributed by atoms with E-state index in [1.54, 1.807) is 12.1 Å². The van der Waals surface area contributed by atoms with E-state index in [9.17, 15) is 18.0 Å². The molecule has 0 saturated carbocycles. The maximum atomic E-state index is 11.9. The first-order valence-corrected chi connectivity index (χ1v) is 4.50. The summed E-state index contributed by atoms with van der Waals surface area (Å²) in [6.45, 7) is 1.33. The minimum Gasteiger partial charge on any atom is -0.326 e. The molecular weight excluding hydrogens is 219 g/mol. The van der Waals surface area contributed by atoms with Crippen LogP contribution in [-0.4, -0.2) is 12.1 Å². The monoisotopic (exact) mass is 229 g/mol. The van der Waals surface area contributed by atoms with Crippen LogP contribution in [0.5, 0.6) is 0 Å². The topological polar surface area (TPSA) is 29.1 Å². The van der Waals surface area contributed by atoms with Crippen molar-refractivity contribution in [3.63, 3.8) is 0 Å². The molecule has 5 heteroatoms. The average Bonchev–Trinajstić information content (AvgIpc) is 2.13. The number of benzene rings is 1. The van der Waals surface area contributed by atoms with Crippen LogP contribution in [0.4, 0.5) is 18.9 Å². The Kier molecular flexibility index (Phi) is 3.71. The van der Waals surface area contributed by atoms with Crippen molar-refractivity contribution in [1.29, 1.82) is 0 Å². The number of hydrogen-bond donors (Lipinski definition) is 1. The first-order chi connectivity index (χ1) is 7.37. The summed E-state index contributed by atoms with van der Waals surface area (Å²) in [7, 11) is 0. The summed E-state index contributed by atoms with van der Waals surface area (Å²) >= 11 is 0. The third kappa shape index (κ3) is 4.63. The van der Waals surface area contributed by atoms with Gasteiger partial charge in [0, 0.05) is 18.7 Å². The molecule has 0 saturated heterocycles. The van der Waals surface area contributed by atoms with Crippen molar-refractivity contribution in [2.75, 3.05) is 5.32 Å². The number of nitrogens with one attached hydrogen (secondary N) is 1. The van der Waals surface area contributed by atoms with Crippen LogP contribution in [0.15, 0.2) is 30.3 Å². The van der Waals surface area contributed by atoms with Crippen LogP contribution in [0.1, 0.15) is 12.5 Å². The van der Waals surface area contributed by atoms with Gasteiger partial charge in [0.25, 0.3) is 0 Å². The molecule has 0 aliphatic carbocycles. The zero-order valence-corrected chi connectivity index (χ0v) is 8.51. The summed E-state index contributed by atoms with van der Waals surface area (Å²) in [6, 6.07) is 6.16. The second-order valence-electron chi connectivity index (χ2n) is 3.18. The van der Waals surface area contributed by atoms with E-state index in [0.717, 1.165) is 6.08 Å². The van der Waals surface area contributed by atoms with Crippen molar-refractivity contribution in [3.05, 3.63) is 35.9 Å². The van der Waals surface area contributed by atoms with E-state index in [2.05, 4.69) is 5.32 Å². The Morgan fingerprint density at radius 3 is 2.62 bits per heavy atom. The van der Waals surface area contributed by atoms with E-state index < -0.39 is 6.18 Å². The molecule has 0 bridgehead atoms. The minimum absolute atomic E-state index is 0.153. The van der Waals surface area contributed by atoms with Crippen LogP contribution in [-0.2, 0) is 4.79 Å². The summed E-state index contributed by atoms with van der Waals surface area (Å²) < 4.78 is 35.7. The lowest BCUT2D eigenvalue weighted by atomic mass is 10.2. The van der Waals surface area contributed by atoms with Crippen molar-refractivity contribution in [2.24, 2.45) is 0 Å². The molecule has 1 aromatic rings. The average molecular weight is 229 g/mol. The Labute approximate surface area is 90.8 Å². The Hall–Kier alpha value is -1.78. The molecular formula is C11H10F3NO. The molecule has 16 heavy (non-hydrogen) atoms. The first kappa shape index (κ1) is 12.3. The van der Waals surface area contributed by atoms with Gasteiger partial charge in [0.2, 0.25) is 5.91 Å². The lowest BCUT2D eigenvalue weighted by molar-refractivity contribution is -0.114. The standard InChI is InChI=1S/C11H10F3NO/c1-8(16)15-10-4-2-3-9(7-10)5-6-11(12,13)14/h2-7H,1H3,(H,15,16)/b6-5+. The molecule has 1 N–H and O–H groups in total. The fraction of sp³-hybridized carbons (Fsp3) is 0.182. The predicted octanol–water partition coefficient (Wildman–Crippen LogP) is 3.22. The molecule has 86 valence electrons. The Morgan fingerprint density at radius 1 is 1.38 bits per heavy atom. The maximum Gasteiger partial charge on any atom is 0.409 e. The highest BCUT2D eigenvalue weighted by atomic mass is 19.4. The van der Waals surface area contributed by atoms with Gasteiger partial charge >= 0.3 is 6.18 Å². The number of hydrogen-bond acceptors (Lipinski definition) is 1. The minimum atomic E-state index is -4.33. The van der Waals surface area contributed by atoms with Crippen LogP contribution < -0.4 is 5.32 Å². The van der Waals surface area contributed by atoms with E-state index >= 15 is 0 Å². The van der Waals surface area contributed by atoms with Gasteiger partial charge < -0.3 is 5.32 Å². The summed E-state index contributed by atoms with van der Waals surface area (Å²) in [5.74, 6) is -0.267. The number of alkyl halides is 3. The number of anilines is 1. The van der Waals surface area contributed by atoms with Gasteiger partial charge in [0.05, 0.1) is 0 Å². The highest BCUT2D eigenvalue weighted by Crippen LogP contribution is 2.19. The molecule has 0 aliphatic heterocycles. The Balaban J connectivity index is 2.82. The van der Waals surface area contributed by atoms with Gasteiger partial charge in [-0.25, -0.2) is 0 Å². The molecule has 0 fully saturated rings. The third-order valence-corrected chi connectivity index (χ3v) is 1.67. The van der Waals surface area contributed by atoms with Gasteiger partial charge in [-0.05, 0) is 17.7 Å². The van der Waals surface area contributed by atoms with E-state index in [1.165, 1.54) is 19.1 Å². The highest BCUT2D eigenvalue weighted by molar-refractivity contribution is 5.88. The molecule has 1 amide bonds. The second-order valence-corrected chi connectivity index (χ2v) is 3.18. The zero-order valence-electron chi connectivity index (χ0n) is 8.51. The van der Waals surface area contributed by atoms with Gasteiger partial charge in [-0.15, -0.1) is 0 Å². The molecule has 1 aromatic carbocycles. The molecule has 0 atom stereocenters. The quantitative estimate of drug-likeness (QED) is 0.828. The lowest BCUT2D eigenvalue weighted by Crippen LogP contribution is -2.05. The number of carbonyl (C=O) groups is 1. The fourth-order valence-electron chi connectivity index (χ4n) is 1.11. The third-order valence-electron chi connectivity index (χ3n) is 1.67. The Morgan fingerprint density at radius 2 is 2.06 bits per heavy atom. The van der Waals surface area contributed by atoms with Crippen molar-refractivity contribution in [3.8, 4) is 0 Å². The second kappa shape index (κ2) is 4.83. The highest BCUT2D eigenvalue weighted by Gasteiger charge is 2.21. The molecule has 0 heterocycles. The maximum absolute atomic E-state index is 11.9. The lowest BCUT2D eigenvalue weighted by Gasteiger charge is -2.03. The number of rotatable bonds is 2. The van der Waals surface area contributed by atoms with E-state index in [1.807, 2.05) is 0 Å². The van der Waals surface area contributed by atoms with Crippen LogP contribution >= 0.6 is 0 Å². The van der Waals surface area contributed by atoms with E-state index in [0.29, 0.717) is 11.3 Å². The van der Waals surface area contributed by atoms with E-state index in [4.69, 9.17) is 0 Å². The predicted molar refractivity (Wildman–Crippen MR) is 55.8 cm³/mol. The molecule has 2 nitrogen and oxygen atoms in total. The summed E-state index contributed by atoms with van der Waals surface area (Å²) in [5.41, 5.74) is 0.848. The SMILES string of the molecule is CC(=O)Nc1cccc(/C=C/C(F)(F)F)c1. The number of halogens is 3. The zero-order chi connectivity index (χ0) is 12.2. The number of carbonyl (C=O) groups excluding carboxylic acids is 1. The fourth-order valence-corrected chi connectivity index (χ4v) is 1.11. The molecule has 0 unspecified atom stereocenters. The van der Waals surface area contributed by atoms with Crippen molar-refractivity contribution in [1.82, 2.24) is 0 Å². The largest absolute Gasteiger partial charge is 0.409 e. The van der Waals surface area contributed by atoms with Crippen molar-refractivity contribution in [2.45, 2.75) is 13.1 Å². The van der Waals surface area contributed by atoms with Crippen LogP contribution in [0.25, 0.3) is 6.08 Å². The number of allylic oxidation sites excluding steroid dienone is 1. The van der Waals surface area contributed by atoms with Gasteiger partial charge in [-0.3, -0.25) is 4.79 Å². The van der Waals surface area contributed by atoms with Crippen molar-refractivity contribution < 1.29 is 18.0 Å². The van der Waals surface area contributed by atoms with Crippen molar-refractivity contribution >= 4 is 17.7 Å². The number of amides is 1. The molecule has 0 spiro atoms. The van der Waals surface area contributed by atoms with E-state index in [-0.39, 0.29) is 12.0 Å².